The summed E-state index contributed by atoms with van der Waals surface area (Å²) in [5, 5.41) is 7.07. The van der Waals surface area contributed by atoms with E-state index in [1.54, 1.807) is 41.9 Å². The van der Waals surface area contributed by atoms with Crippen molar-refractivity contribution in [1.29, 1.82) is 0 Å². The van der Waals surface area contributed by atoms with Gasteiger partial charge in [-0.1, -0.05) is 0 Å². The summed E-state index contributed by atoms with van der Waals surface area (Å²) in [6, 6.07) is 8.51. The van der Waals surface area contributed by atoms with Crippen LogP contribution < -0.4 is 5.32 Å². The van der Waals surface area contributed by atoms with Crippen LogP contribution in [0, 0.1) is 6.92 Å². The summed E-state index contributed by atoms with van der Waals surface area (Å²) < 4.78 is 6.72. The second-order valence-corrected chi connectivity index (χ2v) is 5.46. The van der Waals surface area contributed by atoms with Gasteiger partial charge in [0.25, 0.3) is 5.91 Å². The summed E-state index contributed by atoms with van der Waals surface area (Å²) in [5.74, 6) is -0.659. The number of aryl methyl sites for hydroxylation is 1. The zero-order valence-electron chi connectivity index (χ0n) is 13.8. The van der Waals surface area contributed by atoms with E-state index in [0.29, 0.717) is 23.6 Å². The minimum atomic E-state index is -0.378. The molecule has 1 aromatic heterocycles. The summed E-state index contributed by atoms with van der Waals surface area (Å²) >= 11 is 0. The van der Waals surface area contributed by atoms with E-state index in [1.807, 2.05) is 20.8 Å². The van der Waals surface area contributed by atoms with Crippen molar-refractivity contribution in [3.8, 4) is 0 Å². The van der Waals surface area contributed by atoms with Crippen LogP contribution in [0.25, 0.3) is 0 Å². The molecule has 0 radical (unpaired) electrons. The van der Waals surface area contributed by atoms with Crippen molar-refractivity contribution in [3.63, 3.8) is 0 Å². The highest BCUT2D eigenvalue weighted by Crippen LogP contribution is 2.14. The van der Waals surface area contributed by atoms with E-state index in [4.69, 9.17) is 4.74 Å². The molecule has 0 saturated carbocycles. The first-order valence-corrected chi connectivity index (χ1v) is 7.57. The number of anilines is 1. The van der Waals surface area contributed by atoms with Crippen LogP contribution in [0.3, 0.4) is 0 Å². The molecular formula is C17H21N3O3. The number of hydrogen-bond donors (Lipinski definition) is 1. The number of nitrogens with zero attached hydrogens (tertiary/aromatic N) is 2. The minimum Gasteiger partial charge on any atom is -0.462 e. The number of carbonyl (C=O) groups excluding carboxylic acids is 2. The zero-order chi connectivity index (χ0) is 17.0. The second kappa shape index (κ2) is 7.09. The van der Waals surface area contributed by atoms with Gasteiger partial charge in [-0.3, -0.25) is 9.48 Å². The molecule has 0 atom stereocenters. The third-order valence-corrected chi connectivity index (χ3v) is 3.30. The number of benzene rings is 1. The van der Waals surface area contributed by atoms with Crippen molar-refractivity contribution in [1.82, 2.24) is 9.78 Å². The number of hydrogen-bond acceptors (Lipinski definition) is 4. The van der Waals surface area contributed by atoms with E-state index in [2.05, 4.69) is 10.4 Å². The first-order chi connectivity index (χ1) is 10.9. The van der Waals surface area contributed by atoms with Gasteiger partial charge in [0.15, 0.2) is 5.69 Å². The lowest BCUT2D eigenvalue weighted by atomic mass is 10.2. The number of esters is 1. The Morgan fingerprint density at radius 1 is 1.26 bits per heavy atom. The van der Waals surface area contributed by atoms with Crippen LogP contribution in [0.15, 0.2) is 30.3 Å². The summed E-state index contributed by atoms with van der Waals surface area (Å²) in [6.45, 7) is 8.02. The maximum absolute atomic E-state index is 12.2. The molecule has 0 saturated heterocycles. The monoisotopic (exact) mass is 315 g/mol. The molecule has 0 spiro atoms. The third-order valence-electron chi connectivity index (χ3n) is 3.30. The summed E-state index contributed by atoms with van der Waals surface area (Å²) in [5.41, 5.74) is 2.35. The summed E-state index contributed by atoms with van der Waals surface area (Å²) in [6.07, 6.45) is 0. The van der Waals surface area contributed by atoms with Gasteiger partial charge in [-0.25, -0.2) is 4.79 Å². The first-order valence-electron chi connectivity index (χ1n) is 7.57. The van der Waals surface area contributed by atoms with Gasteiger partial charge < -0.3 is 10.1 Å². The predicted molar refractivity (Wildman–Crippen MR) is 87.7 cm³/mol. The standard InChI is InChI=1S/C17H21N3O3/c1-5-23-17(22)13-6-8-14(9-7-13)18-16(21)15-10-12(4)20(19-15)11(2)3/h6-11H,5H2,1-4H3,(H,18,21). The Labute approximate surface area is 135 Å². The number of ether oxygens (including phenoxy) is 1. The molecule has 2 aromatic rings. The molecule has 0 aliphatic rings. The summed E-state index contributed by atoms with van der Waals surface area (Å²) in [4.78, 5) is 23.8. The van der Waals surface area contributed by atoms with Crippen molar-refractivity contribution in [2.24, 2.45) is 0 Å². The third kappa shape index (κ3) is 3.97. The average molecular weight is 315 g/mol. The number of aromatic nitrogens is 2. The maximum atomic E-state index is 12.2. The maximum Gasteiger partial charge on any atom is 0.338 e. The molecule has 1 amide bonds. The highest BCUT2D eigenvalue weighted by Gasteiger charge is 2.14. The molecule has 0 aliphatic carbocycles. The molecule has 122 valence electrons. The smallest absolute Gasteiger partial charge is 0.338 e. The van der Waals surface area contributed by atoms with E-state index in [1.165, 1.54) is 0 Å². The predicted octanol–water partition coefficient (Wildman–Crippen LogP) is 3.20. The number of rotatable bonds is 5. The molecule has 6 nitrogen and oxygen atoms in total. The molecule has 1 N–H and O–H groups in total. The van der Waals surface area contributed by atoms with E-state index >= 15 is 0 Å². The van der Waals surface area contributed by atoms with Crippen molar-refractivity contribution in [2.45, 2.75) is 33.7 Å². The topological polar surface area (TPSA) is 73.2 Å². The number of nitrogens with one attached hydrogen (secondary N) is 1. The van der Waals surface area contributed by atoms with Gasteiger partial charge >= 0.3 is 5.97 Å². The fraction of sp³-hybridized carbons (Fsp3) is 0.353. The molecule has 0 unspecified atom stereocenters. The Bertz CT molecular complexity index is 702. The quantitative estimate of drug-likeness (QED) is 0.860. The van der Waals surface area contributed by atoms with Gasteiger partial charge in [-0.2, -0.15) is 5.10 Å². The molecule has 0 fully saturated rings. The van der Waals surface area contributed by atoms with Crippen LogP contribution in [-0.2, 0) is 4.74 Å². The zero-order valence-corrected chi connectivity index (χ0v) is 13.8. The van der Waals surface area contributed by atoms with Gasteiger partial charge in [0.2, 0.25) is 0 Å². The molecule has 0 bridgehead atoms. The Balaban J connectivity index is 2.08. The van der Waals surface area contributed by atoms with E-state index < -0.39 is 0 Å². The van der Waals surface area contributed by atoms with Crippen LogP contribution in [0.4, 0.5) is 5.69 Å². The van der Waals surface area contributed by atoms with Gasteiger partial charge in [-0.05, 0) is 58.0 Å². The number of carbonyl (C=O) groups is 2. The lowest BCUT2D eigenvalue weighted by Gasteiger charge is -2.07. The Hall–Kier alpha value is -2.63. The van der Waals surface area contributed by atoms with Crippen molar-refractivity contribution in [2.75, 3.05) is 11.9 Å². The molecule has 23 heavy (non-hydrogen) atoms. The number of amides is 1. The fourth-order valence-electron chi connectivity index (χ4n) is 2.22. The van der Waals surface area contributed by atoms with Crippen LogP contribution in [0.5, 0.6) is 0 Å². The first kappa shape index (κ1) is 16.7. The Morgan fingerprint density at radius 2 is 1.91 bits per heavy atom. The molecule has 6 heteroatoms. The van der Waals surface area contributed by atoms with Gasteiger partial charge in [0, 0.05) is 17.4 Å². The van der Waals surface area contributed by atoms with Gasteiger partial charge in [0.05, 0.1) is 12.2 Å². The van der Waals surface area contributed by atoms with Crippen molar-refractivity contribution in [3.05, 3.63) is 47.3 Å². The van der Waals surface area contributed by atoms with E-state index in [-0.39, 0.29) is 17.9 Å². The van der Waals surface area contributed by atoms with Crippen LogP contribution in [0.1, 0.15) is 53.4 Å². The van der Waals surface area contributed by atoms with E-state index in [0.717, 1.165) is 5.69 Å². The SMILES string of the molecule is CCOC(=O)c1ccc(NC(=O)c2cc(C)n(C(C)C)n2)cc1. The molecule has 0 aliphatic heterocycles. The minimum absolute atomic E-state index is 0.195. The molecule has 1 aromatic carbocycles. The Morgan fingerprint density at radius 3 is 2.43 bits per heavy atom. The van der Waals surface area contributed by atoms with Gasteiger partial charge in [-0.15, -0.1) is 0 Å². The van der Waals surface area contributed by atoms with E-state index in [9.17, 15) is 9.59 Å². The molecule has 2 rings (SSSR count). The van der Waals surface area contributed by atoms with Gasteiger partial charge in [0.1, 0.15) is 0 Å². The highest BCUT2D eigenvalue weighted by atomic mass is 16.5. The van der Waals surface area contributed by atoms with Crippen molar-refractivity contribution >= 4 is 17.6 Å². The lowest BCUT2D eigenvalue weighted by molar-refractivity contribution is 0.0526. The normalized spacial score (nSPS) is 10.7. The van der Waals surface area contributed by atoms with Crippen molar-refractivity contribution < 1.29 is 14.3 Å². The molecular weight excluding hydrogens is 294 g/mol. The largest absolute Gasteiger partial charge is 0.462 e. The fourth-order valence-corrected chi connectivity index (χ4v) is 2.22. The second-order valence-electron chi connectivity index (χ2n) is 5.46. The summed E-state index contributed by atoms with van der Waals surface area (Å²) in [7, 11) is 0. The Kier molecular flexibility index (Phi) is 5.16. The van der Waals surface area contributed by atoms with Crippen LogP contribution in [-0.4, -0.2) is 28.3 Å². The van der Waals surface area contributed by atoms with Crippen LogP contribution >= 0.6 is 0 Å². The lowest BCUT2D eigenvalue weighted by Crippen LogP contribution is -2.14. The molecule has 1 heterocycles. The highest BCUT2D eigenvalue weighted by molar-refractivity contribution is 6.03. The van der Waals surface area contributed by atoms with Crippen LogP contribution in [0.2, 0.25) is 0 Å². The average Bonchev–Trinajstić information content (AvgIpc) is 2.90.